The maximum atomic E-state index is 12.0. The maximum Gasteiger partial charge on any atom is 0.272 e. The van der Waals surface area contributed by atoms with Gasteiger partial charge in [-0.3, -0.25) is 20.2 Å². The molecule has 2 atom stereocenters. The van der Waals surface area contributed by atoms with Crippen molar-refractivity contribution >= 4 is 11.4 Å². The van der Waals surface area contributed by atoms with Gasteiger partial charge >= 0.3 is 0 Å². The Bertz CT molecular complexity index is 1370. The molecule has 7 nitrogen and oxygen atoms in total. The van der Waals surface area contributed by atoms with Gasteiger partial charge in [0.15, 0.2) is 0 Å². The number of nitro groups is 2. The Morgan fingerprint density at radius 2 is 1.00 bits per heavy atom. The predicted molar refractivity (Wildman–Crippen MR) is 152 cm³/mol. The van der Waals surface area contributed by atoms with Crippen LogP contribution in [0.5, 0.6) is 0 Å². The Balaban J connectivity index is 1.98. The predicted octanol–water partition coefficient (Wildman–Crippen LogP) is 8.14. The van der Waals surface area contributed by atoms with Crippen LogP contribution in [0.1, 0.15) is 70.6 Å². The summed E-state index contributed by atoms with van der Waals surface area (Å²) in [6, 6.07) is 26.4. The molecule has 7 heteroatoms. The number of ether oxygens (including phenoxy) is 1. The van der Waals surface area contributed by atoms with E-state index in [0.29, 0.717) is 35.1 Å². The lowest BCUT2D eigenvalue weighted by Crippen LogP contribution is -2.16. The minimum absolute atomic E-state index is 0.0462. The lowest BCUT2D eigenvalue weighted by molar-refractivity contribution is -0.385. The minimum atomic E-state index is -0.662. The van der Waals surface area contributed by atoms with Crippen LogP contribution in [0.4, 0.5) is 11.4 Å². The minimum Gasteiger partial charge on any atom is -0.356 e. The highest BCUT2D eigenvalue weighted by atomic mass is 16.6. The molecule has 0 bridgehead atoms. The molecule has 0 heterocycles. The van der Waals surface area contributed by atoms with E-state index in [2.05, 4.69) is 0 Å². The molecule has 0 aliphatic heterocycles. The SMILES string of the molecule is CCc1cc(C(OC(c2ccccc2)c2cc(CC)cc([N+](=O)[O-])c2C)c2ccccc2)c(C)c([N+](=O)[O-])c1. The first kappa shape index (κ1) is 27.7. The summed E-state index contributed by atoms with van der Waals surface area (Å²) >= 11 is 0. The van der Waals surface area contributed by atoms with E-state index in [9.17, 15) is 20.2 Å². The second-order valence-electron chi connectivity index (χ2n) is 9.60. The van der Waals surface area contributed by atoms with Gasteiger partial charge in [-0.2, -0.15) is 0 Å². The van der Waals surface area contributed by atoms with Gasteiger partial charge in [0.25, 0.3) is 11.4 Å². The molecule has 0 radical (unpaired) electrons. The Hall–Kier alpha value is -4.36. The van der Waals surface area contributed by atoms with Crippen molar-refractivity contribution in [1.29, 1.82) is 0 Å². The van der Waals surface area contributed by atoms with Crippen LogP contribution in [0.15, 0.2) is 84.9 Å². The van der Waals surface area contributed by atoms with Crippen molar-refractivity contribution in [1.82, 2.24) is 0 Å². The van der Waals surface area contributed by atoms with Crippen LogP contribution in [0.25, 0.3) is 0 Å². The van der Waals surface area contributed by atoms with Crippen LogP contribution in [0, 0.1) is 34.1 Å². The van der Waals surface area contributed by atoms with Crippen LogP contribution in [-0.4, -0.2) is 9.85 Å². The molecule has 0 amide bonds. The van der Waals surface area contributed by atoms with Gasteiger partial charge in [0.1, 0.15) is 12.2 Å². The van der Waals surface area contributed by atoms with E-state index in [4.69, 9.17) is 4.74 Å². The molecular weight excluding hydrogens is 492 g/mol. The molecular formula is C32H32N2O5. The zero-order chi connectivity index (χ0) is 28.1. The van der Waals surface area contributed by atoms with Crippen LogP contribution in [0.3, 0.4) is 0 Å². The molecule has 4 aromatic rings. The lowest BCUT2D eigenvalue weighted by Gasteiger charge is -2.29. The number of aryl methyl sites for hydroxylation is 2. The van der Waals surface area contributed by atoms with Crippen molar-refractivity contribution in [2.45, 2.75) is 52.7 Å². The van der Waals surface area contributed by atoms with Gasteiger partial charge in [-0.15, -0.1) is 0 Å². The molecule has 4 aromatic carbocycles. The van der Waals surface area contributed by atoms with Crippen molar-refractivity contribution in [3.05, 3.63) is 150 Å². The first-order valence-electron chi connectivity index (χ1n) is 13.1. The summed E-state index contributed by atoms with van der Waals surface area (Å²) in [4.78, 5) is 23.3. The van der Waals surface area contributed by atoms with Crippen molar-refractivity contribution in [2.24, 2.45) is 0 Å². The third-order valence-corrected chi connectivity index (χ3v) is 7.21. The molecule has 2 unspecified atom stereocenters. The number of hydrogen-bond donors (Lipinski definition) is 0. The average Bonchev–Trinajstić information content (AvgIpc) is 2.95. The highest BCUT2D eigenvalue weighted by molar-refractivity contribution is 5.53. The largest absolute Gasteiger partial charge is 0.356 e. The van der Waals surface area contributed by atoms with Crippen molar-refractivity contribution in [3.63, 3.8) is 0 Å². The van der Waals surface area contributed by atoms with Crippen molar-refractivity contribution in [2.75, 3.05) is 0 Å². The van der Waals surface area contributed by atoms with Gasteiger partial charge < -0.3 is 4.74 Å². The maximum absolute atomic E-state index is 12.0. The zero-order valence-electron chi connectivity index (χ0n) is 22.6. The quantitative estimate of drug-likeness (QED) is 0.154. The molecule has 0 N–H and O–H groups in total. The summed E-state index contributed by atoms with van der Waals surface area (Å²) in [5.74, 6) is 0. The highest BCUT2D eigenvalue weighted by Crippen LogP contribution is 2.41. The highest BCUT2D eigenvalue weighted by Gasteiger charge is 2.30. The van der Waals surface area contributed by atoms with Crippen LogP contribution in [0.2, 0.25) is 0 Å². The van der Waals surface area contributed by atoms with E-state index in [1.54, 1.807) is 26.0 Å². The number of benzene rings is 4. The van der Waals surface area contributed by atoms with E-state index in [0.717, 1.165) is 22.3 Å². The monoisotopic (exact) mass is 524 g/mol. The average molecular weight is 525 g/mol. The molecule has 4 rings (SSSR count). The smallest absolute Gasteiger partial charge is 0.272 e. The summed E-state index contributed by atoms with van der Waals surface area (Å²) in [5.41, 5.74) is 5.90. The summed E-state index contributed by atoms with van der Waals surface area (Å²) in [5, 5.41) is 24.0. The fourth-order valence-electron chi connectivity index (χ4n) is 4.95. The number of nitrogens with zero attached hydrogens (tertiary/aromatic N) is 2. The van der Waals surface area contributed by atoms with Gasteiger partial charge in [-0.25, -0.2) is 0 Å². The number of nitro benzene ring substituents is 2. The number of hydrogen-bond acceptors (Lipinski definition) is 5. The van der Waals surface area contributed by atoms with Gasteiger partial charge in [-0.05, 0) is 60.1 Å². The fourth-order valence-corrected chi connectivity index (χ4v) is 4.95. The van der Waals surface area contributed by atoms with Crippen molar-refractivity contribution < 1.29 is 14.6 Å². The molecule has 0 aliphatic rings. The summed E-state index contributed by atoms with van der Waals surface area (Å²) < 4.78 is 6.98. The second kappa shape index (κ2) is 12.0. The lowest BCUT2D eigenvalue weighted by atomic mass is 9.91. The first-order chi connectivity index (χ1) is 18.7. The second-order valence-corrected chi connectivity index (χ2v) is 9.60. The molecule has 0 aliphatic carbocycles. The van der Waals surface area contributed by atoms with E-state index < -0.39 is 12.2 Å². The van der Waals surface area contributed by atoms with E-state index in [1.165, 1.54) is 0 Å². The van der Waals surface area contributed by atoms with Gasteiger partial charge in [-0.1, -0.05) is 86.6 Å². The summed E-state index contributed by atoms with van der Waals surface area (Å²) in [6.45, 7) is 7.42. The Morgan fingerprint density at radius 3 is 1.31 bits per heavy atom. The van der Waals surface area contributed by atoms with E-state index in [1.807, 2.05) is 86.6 Å². The first-order valence-corrected chi connectivity index (χ1v) is 13.1. The molecule has 0 aromatic heterocycles. The van der Waals surface area contributed by atoms with Crippen LogP contribution in [-0.2, 0) is 17.6 Å². The summed E-state index contributed by atoms with van der Waals surface area (Å²) in [7, 11) is 0. The Morgan fingerprint density at radius 1 is 0.641 bits per heavy atom. The Labute approximate surface area is 228 Å². The molecule has 0 saturated carbocycles. The molecule has 39 heavy (non-hydrogen) atoms. The zero-order valence-corrected chi connectivity index (χ0v) is 22.6. The third-order valence-electron chi connectivity index (χ3n) is 7.21. The number of rotatable bonds is 10. The molecule has 0 fully saturated rings. The Kier molecular flexibility index (Phi) is 8.52. The van der Waals surface area contributed by atoms with E-state index in [-0.39, 0.29) is 21.2 Å². The summed E-state index contributed by atoms with van der Waals surface area (Å²) in [6.07, 6.45) is -0.0703. The van der Waals surface area contributed by atoms with Crippen molar-refractivity contribution in [3.8, 4) is 0 Å². The van der Waals surface area contributed by atoms with Gasteiger partial charge in [0.05, 0.1) is 9.85 Å². The van der Waals surface area contributed by atoms with Crippen LogP contribution < -0.4 is 0 Å². The third kappa shape index (κ3) is 5.89. The standard InChI is InChI=1S/C32H32N2O5/c1-5-23-17-27(21(3)29(19-23)33(35)36)31(25-13-9-7-10-14-25)39-32(26-15-11-8-12-16-26)28-18-24(6-2)20-30(22(28)4)34(37)38/h7-20,31-32H,5-6H2,1-4H3. The molecule has 200 valence electrons. The fraction of sp³-hybridized carbons (Fsp3) is 0.250. The van der Waals surface area contributed by atoms with Gasteiger partial charge in [0, 0.05) is 23.3 Å². The molecule has 0 saturated heterocycles. The van der Waals surface area contributed by atoms with Gasteiger partial charge in [0.2, 0.25) is 0 Å². The normalized spacial score (nSPS) is 12.6. The van der Waals surface area contributed by atoms with E-state index >= 15 is 0 Å². The van der Waals surface area contributed by atoms with Crippen LogP contribution >= 0.6 is 0 Å². The molecule has 0 spiro atoms. The topological polar surface area (TPSA) is 95.5 Å².